The molecule has 0 aromatic carbocycles. The van der Waals surface area contributed by atoms with Gasteiger partial charge in [0, 0.05) is 0 Å². The molecule has 1 heterocycles. The summed E-state index contributed by atoms with van der Waals surface area (Å²) >= 11 is 4.63. The number of hydrogen-bond donors (Lipinski definition) is 3. The Morgan fingerprint density at radius 1 is 1.71 bits per heavy atom. The molecule has 1 saturated heterocycles. The third kappa shape index (κ3) is 0.866. The fourth-order valence-electron chi connectivity index (χ4n) is 0.394. The second kappa shape index (κ2) is 1.46. The van der Waals surface area contributed by atoms with E-state index in [1.165, 1.54) is 0 Å². The molecule has 0 aromatic rings. The van der Waals surface area contributed by atoms with Gasteiger partial charge in [-0.3, -0.25) is 5.41 Å². The van der Waals surface area contributed by atoms with Crippen LogP contribution in [0.3, 0.4) is 0 Å². The van der Waals surface area contributed by atoms with Crippen molar-refractivity contribution in [2.45, 2.75) is 0 Å². The molecule has 0 spiro atoms. The lowest BCUT2D eigenvalue weighted by atomic mass is 10.6. The summed E-state index contributed by atoms with van der Waals surface area (Å²) in [6.07, 6.45) is 0. The van der Waals surface area contributed by atoms with Crippen LogP contribution >= 0.6 is 12.2 Å². The highest BCUT2D eigenvalue weighted by Crippen LogP contribution is 1.76. The van der Waals surface area contributed by atoms with Crippen molar-refractivity contribution in [3.63, 3.8) is 0 Å². The Morgan fingerprint density at radius 3 is 2.57 bits per heavy atom. The zero-order valence-corrected chi connectivity index (χ0v) is 4.43. The lowest BCUT2D eigenvalue weighted by Gasteiger charge is -1.85. The molecule has 1 fully saturated rings. The van der Waals surface area contributed by atoms with E-state index in [4.69, 9.17) is 5.41 Å². The summed E-state index contributed by atoms with van der Waals surface area (Å²) < 4.78 is 0. The summed E-state index contributed by atoms with van der Waals surface area (Å²) in [5.74, 6) is 0.449. The van der Waals surface area contributed by atoms with Gasteiger partial charge in [0.2, 0.25) is 0 Å². The summed E-state index contributed by atoms with van der Waals surface area (Å²) in [4.78, 5) is 0. The monoisotopic (exact) mass is 115 g/mol. The van der Waals surface area contributed by atoms with E-state index >= 15 is 0 Å². The van der Waals surface area contributed by atoms with Crippen LogP contribution in [0.25, 0.3) is 0 Å². The fourth-order valence-corrected chi connectivity index (χ4v) is 0.589. The molecule has 3 N–H and O–H groups in total. The maximum atomic E-state index is 6.92. The van der Waals surface area contributed by atoms with Crippen LogP contribution in [0.5, 0.6) is 0 Å². The molecule has 0 radical (unpaired) electrons. The van der Waals surface area contributed by atoms with E-state index in [2.05, 4.69) is 22.9 Å². The predicted molar refractivity (Wildman–Crippen MR) is 31.5 cm³/mol. The van der Waals surface area contributed by atoms with Crippen molar-refractivity contribution in [1.29, 1.82) is 5.41 Å². The first-order valence-corrected chi connectivity index (χ1v) is 2.32. The minimum Gasteiger partial charge on any atom is -0.355 e. The molecule has 1 aliphatic rings. The lowest BCUT2D eigenvalue weighted by molar-refractivity contribution is 1.14. The molecule has 4 heteroatoms. The van der Waals surface area contributed by atoms with Gasteiger partial charge >= 0.3 is 0 Å². The second-order valence-corrected chi connectivity index (χ2v) is 1.69. The highest BCUT2D eigenvalue weighted by atomic mass is 32.1. The van der Waals surface area contributed by atoms with Crippen LogP contribution in [0.1, 0.15) is 0 Å². The van der Waals surface area contributed by atoms with Crippen LogP contribution in [0.2, 0.25) is 0 Å². The zero-order valence-electron chi connectivity index (χ0n) is 3.62. The SMILES string of the molecule is N=C1CNC(=S)N1. The molecule has 0 unspecified atom stereocenters. The van der Waals surface area contributed by atoms with E-state index in [-0.39, 0.29) is 0 Å². The Kier molecular flexibility index (Phi) is 0.941. The van der Waals surface area contributed by atoms with Crippen LogP contribution in [0, 0.1) is 5.41 Å². The van der Waals surface area contributed by atoms with E-state index in [0.29, 0.717) is 17.5 Å². The minimum atomic E-state index is 0.449. The zero-order chi connectivity index (χ0) is 5.28. The predicted octanol–water partition coefficient (Wildman–Crippen LogP) is -0.559. The maximum Gasteiger partial charge on any atom is 0.172 e. The molecule has 0 saturated carbocycles. The van der Waals surface area contributed by atoms with Gasteiger partial charge in [-0.15, -0.1) is 0 Å². The van der Waals surface area contributed by atoms with E-state index in [1.807, 2.05) is 0 Å². The average molecular weight is 115 g/mol. The van der Waals surface area contributed by atoms with E-state index in [1.54, 1.807) is 0 Å². The summed E-state index contributed by atoms with van der Waals surface area (Å²) in [7, 11) is 0. The van der Waals surface area contributed by atoms with Gasteiger partial charge in [-0.1, -0.05) is 0 Å². The molecular formula is C3H5N3S. The smallest absolute Gasteiger partial charge is 0.172 e. The van der Waals surface area contributed by atoms with Crippen molar-refractivity contribution in [2.75, 3.05) is 6.54 Å². The number of hydrogen-bond acceptors (Lipinski definition) is 2. The Bertz CT molecular complexity index is 105. The largest absolute Gasteiger partial charge is 0.355 e. The van der Waals surface area contributed by atoms with Gasteiger partial charge in [-0.25, -0.2) is 0 Å². The Balaban J connectivity index is 2.55. The van der Waals surface area contributed by atoms with Crippen LogP contribution in [0.4, 0.5) is 0 Å². The molecule has 1 aliphatic heterocycles. The Hall–Kier alpha value is -0.640. The lowest BCUT2D eigenvalue weighted by Crippen LogP contribution is -2.21. The van der Waals surface area contributed by atoms with Crippen LogP contribution in [-0.4, -0.2) is 17.5 Å². The van der Waals surface area contributed by atoms with Crippen molar-refractivity contribution in [1.82, 2.24) is 10.6 Å². The van der Waals surface area contributed by atoms with Gasteiger partial charge < -0.3 is 10.6 Å². The van der Waals surface area contributed by atoms with Crippen LogP contribution < -0.4 is 10.6 Å². The highest BCUT2D eigenvalue weighted by Gasteiger charge is 2.06. The minimum absolute atomic E-state index is 0.449. The van der Waals surface area contributed by atoms with Crippen molar-refractivity contribution < 1.29 is 0 Å². The van der Waals surface area contributed by atoms with Crippen molar-refractivity contribution in [2.24, 2.45) is 0 Å². The van der Waals surface area contributed by atoms with Crippen LogP contribution in [0.15, 0.2) is 0 Å². The quantitative estimate of drug-likeness (QED) is 0.371. The van der Waals surface area contributed by atoms with Gasteiger partial charge in [-0.05, 0) is 12.2 Å². The third-order valence-electron chi connectivity index (χ3n) is 0.690. The molecule has 0 aliphatic carbocycles. The molecule has 0 atom stereocenters. The molecule has 7 heavy (non-hydrogen) atoms. The molecule has 0 bridgehead atoms. The fraction of sp³-hybridized carbons (Fsp3) is 0.333. The number of nitrogens with one attached hydrogen (secondary N) is 3. The van der Waals surface area contributed by atoms with Crippen molar-refractivity contribution in [3.05, 3.63) is 0 Å². The van der Waals surface area contributed by atoms with Gasteiger partial charge in [0.1, 0.15) is 5.84 Å². The summed E-state index contributed by atoms with van der Waals surface area (Å²) in [5.41, 5.74) is 0. The third-order valence-corrected chi connectivity index (χ3v) is 0.937. The van der Waals surface area contributed by atoms with Crippen molar-refractivity contribution in [3.8, 4) is 0 Å². The molecule has 1 rings (SSSR count). The number of amidine groups is 1. The topological polar surface area (TPSA) is 47.9 Å². The van der Waals surface area contributed by atoms with E-state index in [0.717, 1.165) is 0 Å². The molecule has 3 nitrogen and oxygen atoms in total. The average Bonchev–Trinajstić information content (AvgIpc) is 1.87. The normalized spacial score (nSPS) is 18.9. The summed E-state index contributed by atoms with van der Waals surface area (Å²) in [6, 6.07) is 0. The first kappa shape index (κ1) is 4.52. The van der Waals surface area contributed by atoms with E-state index in [9.17, 15) is 0 Å². The summed E-state index contributed by atoms with van der Waals surface area (Å²) in [5, 5.41) is 12.9. The van der Waals surface area contributed by atoms with Crippen LogP contribution in [-0.2, 0) is 0 Å². The highest BCUT2D eigenvalue weighted by molar-refractivity contribution is 7.80. The number of thiocarbonyl (C=S) groups is 1. The molecule has 0 aromatic heterocycles. The number of rotatable bonds is 0. The first-order valence-electron chi connectivity index (χ1n) is 1.91. The molecular weight excluding hydrogens is 110 g/mol. The maximum absolute atomic E-state index is 6.92. The second-order valence-electron chi connectivity index (χ2n) is 1.29. The standard InChI is InChI=1S/C3H5N3S/c4-2-1-5-3(7)6-2/h1H2,(H3,4,5,6,7). The molecule has 38 valence electrons. The van der Waals surface area contributed by atoms with Gasteiger partial charge in [-0.2, -0.15) is 0 Å². The van der Waals surface area contributed by atoms with E-state index < -0.39 is 0 Å². The van der Waals surface area contributed by atoms with Crippen molar-refractivity contribution >= 4 is 23.2 Å². The Morgan fingerprint density at radius 2 is 2.43 bits per heavy atom. The van der Waals surface area contributed by atoms with Gasteiger partial charge in [0.15, 0.2) is 5.11 Å². The summed E-state index contributed by atoms with van der Waals surface area (Å²) in [6.45, 7) is 0.554. The Labute approximate surface area is 46.6 Å². The van der Waals surface area contributed by atoms with Gasteiger partial charge in [0.25, 0.3) is 0 Å². The molecule has 0 amide bonds. The first-order chi connectivity index (χ1) is 3.29. The van der Waals surface area contributed by atoms with Gasteiger partial charge in [0.05, 0.1) is 6.54 Å².